The van der Waals surface area contributed by atoms with Crippen molar-refractivity contribution in [2.45, 2.75) is 6.42 Å². The van der Waals surface area contributed by atoms with Crippen molar-refractivity contribution in [3.63, 3.8) is 0 Å². The first kappa shape index (κ1) is 20.6. The van der Waals surface area contributed by atoms with Crippen molar-refractivity contribution in [3.8, 4) is 5.75 Å². The fourth-order valence-corrected chi connectivity index (χ4v) is 3.59. The highest BCUT2D eigenvalue weighted by Gasteiger charge is 2.16. The third-order valence-corrected chi connectivity index (χ3v) is 5.44. The summed E-state index contributed by atoms with van der Waals surface area (Å²) < 4.78 is 7.10. The summed E-state index contributed by atoms with van der Waals surface area (Å²) in [5.41, 5.74) is 2.07. The molecular weight excluding hydrogens is 354 g/mol. The maximum Gasteiger partial charge on any atom is 0.326 e. The van der Waals surface area contributed by atoms with E-state index in [2.05, 4.69) is 41.2 Å². The van der Waals surface area contributed by atoms with E-state index in [1.165, 1.54) is 5.56 Å². The average molecular weight is 388 g/mol. The molecule has 1 aromatic heterocycles. The van der Waals surface area contributed by atoms with Gasteiger partial charge in [-0.1, -0.05) is 0 Å². The van der Waals surface area contributed by atoms with Gasteiger partial charge in [0.15, 0.2) is 0 Å². The number of rotatable bonds is 7. The van der Waals surface area contributed by atoms with E-state index in [0.29, 0.717) is 6.54 Å². The number of aromatic nitrogens is 1. The van der Waals surface area contributed by atoms with E-state index in [1.807, 2.05) is 24.4 Å². The Hall–Kier alpha value is -2.09. The number of nitrogens with zero attached hydrogens (tertiary/aromatic N) is 4. The summed E-state index contributed by atoms with van der Waals surface area (Å²) in [5.74, 6) is 0.760. The number of piperazine rings is 1. The lowest BCUT2D eigenvalue weighted by atomic mass is 10.1. The quantitative estimate of drug-likeness (QED) is 0.781. The maximum absolute atomic E-state index is 12.9. The van der Waals surface area contributed by atoms with E-state index in [9.17, 15) is 4.79 Å². The summed E-state index contributed by atoms with van der Waals surface area (Å²) in [4.78, 5) is 19.8. The van der Waals surface area contributed by atoms with Crippen LogP contribution in [0.5, 0.6) is 5.75 Å². The van der Waals surface area contributed by atoms with Gasteiger partial charge in [-0.2, -0.15) is 0 Å². The zero-order valence-electron chi connectivity index (χ0n) is 17.6. The minimum absolute atomic E-state index is 0.0801. The number of carbonyl (C=O) groups excluding carboxylic acids is 1. The number of nitrogens with one attached hydrogen (secondary N) is 1. The molecule has 2 aromatic rings. The Morgan fingerprint density at radius 3 is 2.64 bits per heavy atom. The Kier molecular flexibility index (Phi) is 6.93. The fraction of sp³-hybridized carbons (Fsp3) is 0.571. The van der Waals surface area contributed by atoms with Crippen LogP contribution < -0.4 is 10.1 Å². The number of carbonyl (C=O) groups is 1. The molecule has 154 valence electrons. The number of methoxy groups -OCH3 is 1. The van der Waals surface area contributed by atoms with Gasteiger partial charge in [0.2, 0.25) is 0 Å². The molecular formula is C21H33N5O2. The molecule has 1 N–H and O–H groups in total. The Morgan fingerprint density at radius 2 is 1.96 bits per heavy atom. The molecule has 7 heteroatoms. The molecule has 0 unspecified atom stereocenters. The number of hydrogen-bond donors (Lipinski definition) is 1. The van der Waals surface area contributed by atoms with Crippen molar-refractivity contribution in [1.82, 2.24) is 24.6 Å². The predicted octanol–water partition coefficient (Wildman–Crippen LogP) is 1.56. The summed E-state index contributed by atoms with van der Waals surface area (Å²) in [7, 11) is 7.93. The number of fused-ring (bicyclic) bond motifs is 1. The molecule has 2 heterocycles. The van der Waals surface area contributed by atoms with Gasteiger partial charge in [-0.05, 0) is 45.3 Å². The molecule has 1 aromatic carbocycles. The number of amides is 1. The second-order valence-electron chi connectivity index (χ2n) is 7.84. The minimum Gasteiger partial charge on any atom is -0.497 e. The van der Waals surface area contributed by atoms with Crippen LogP contribution in [0, 0.1) is 0 Å². The summed E-state index contributed by atoms with van der Waals surface area (Å²) >= 11 is 0. The van der Waals surface area contributed by atoms with Crippen LogP contribution in [0.2, 0.25) is 0 Å². The lowest BCUT2D eigenvalue weighted by molar-refractivity contribution is 0.155. The maximum atomic E-state index is 12.9. The normalized spacial score (nSPS) is 16.0. The average Bonchev–Trinajstić information content (AvgIpc) is 3.05. The summed E-state index contributed by atoms with van der Waals surface area (Å²) in [6.07, 6.45) is 2.87. The number of hydrogen-bond acceptors (Lipinski definition) is 5. The van der Waals surface area contributed by atoms with E-state index < -0.39 is 0 Å². The topological polar surface area (TPSA) is 53.0 Å². The molecule has 0 bridgehead atoms. The molecule has 1 saturated heterocycles. The summed E-state index contributed by atoms with van der Waals surface area (Å²) in [5, 5.41) is 4.19. The molecule has 0 spiro atoms. The van der Waals surface area contributed by atoms with Gasteiger partial charge in [0.05, 0.1) is 12.6 Å². The van der Waals surface area contributed by atoms with E-state index in [-0.39, 0.29) is 6.03 Å². The van der Waals surface area contributed by atoms with Gasteiger partial charge in [-0.25, -0.2) is 4.79 Å². The molecule has 0 saturated carbocycles. The molecule has 1 amide bonds. The molecule has 3 rings (SSSR count). The van der Waals surface area contributed by atoms with Crippen LogP contribution in [0.25, 0.3) is 10.9 Å². The highest BCUT2D eigenvalue weighted by molar-refractivity contribution is 5.94. The first-order valence-corrected chi connectivity index (χ1v) is 9.99. The van der Waals surface area contributed by atoms with Crippen LogP contribution in [0.4, 0.5) is 4.79 Å². The standard InChI is InChI=1S/C21H33N5O2/c1-23(2)9-7-17-16-26(20-15-18(28-4)5-6-19(17)20)21(27)22-8-10-25-13-11-24(3)12-14-25/h5-6,15-16H,7-14H2,1-4H3,(H,22,27). The Bertz CT molecular complexity index is 793. The van der Waals surface area contributed by atoms with Gasteiger partial charge >= 0.3 is 6.03 Å². The highest BCUT2D eigenvalue weighted by atomic mass is 16.5. The second kappa shape index (κ2) is 9.41. The van der Waals surface area contributed by atoms with Gasteiger partial charge in [0, 0.05) is 63.5 Å². The Balaban J connectivity index is 1.70. The van der Waals surface area contributed by atoms with E-state index in [4.69, 9.17) is 4.74 Å². The zero-order chi connectivity index (χ0) is 20.1. The van der Waals surface area contributed by atoms with Gasteiger partial charge in [0.1, 0.15) is 5.75 Å². The Labute approximate surface area is 167 Å². The third-order valence-electron chi connectivity index (χ3n) is 5.44. The molecule has 0 radical (unpaired) electrons. The monoisotopic (exact) mass is 387 g/mol. The van der Waals surface area contributed by atoms with Crippen LogP contribution in [-0.4, -0.2) is 99.4 Å². The summed E-state index contributed by atoms with van der Waals surface area (Å²) in [6, 6.07) is 5.86. The first-order chi connectivity index (χ1) is 13.5. The molecule has 0 aliphatic carbocycles. The van der Waals surface area contributed by atoms with Crippen molar-refractivity contribution in [3.05, 3.63) is 30.0 Å². The Morgan fingerprint density at radius 1 is 1.21 bits per heavy atom. The molecule has 28 heavy (non-hydrogen) atoms. The highest BCUT2D eigenvalue weighted by Crippen LogP contribution is 2.26. The van der Waals surface area contributed by atoms with Crippen LogP contribution in [0.3, 0.4) is 0 Å². The van der Waals surface area contributed by atoms with Crippen molar-refractivity contribution in [1.29, 1.82) is 0 Å². The SMILES string of the molecule is COc1ccc2c(CCN(C)C)cn(C(=O)NCCN3CCN(C)CC3)c2c1. The van der Waals surface area contributed by atoms with Crippen LogP contribution in [0.15, 0.2) is 24.4 Å². The smallest absolute Gasteiger partial charge is 0.326 e. The van der Waals surface area contributed by atoms with E-state index >= 15 is 0 Å². The van der Waals surface area contributed by atoms with E-state index in [1.54, 1.807) is 11.7 Å². The molecule has 1 fully saturated rings. The second-order valence-corrected chi connectivity index (χ2v) is 7.84. The van der Waals surface area contributed by atoms with Crippen LogP contribution >= 0.6 is 0 Å². The number of likely N-dealkylation sites (N-methyl/N-ethyl adjacent to an activating group) is 2. The number of benzene rings is 1. The fourth-order valence-electron chi connectivity index (χ4n) is 3.59. The van der Waals surface area contributed by atoms with Gasteiger partial charge in [-0.15, -0.1) is 0 Å². The van der Waals surface area contributed by atoms with Gasteiger partial charge in [0.25, 0.3) is 0 Å². The first-order valence-electron chi connectivity index (χ1n) is 9.99. The number of ether oxygens (including phenoxy) is 1. The summed E-state index contributed by atoms with van der Waals surface area (Å²) in [6.45, 7) is 6.77. The molecule has 7 nitrogen and oxygen atoms in total. The zero-order valence-corrected chi connectivity index (χ0v) is 17.6. The van der Waals surface area contributed by atoms with Gasteiger partial charge in [-0.3, -0.25) is 9.47 Å². The lowest BCUT2D eigenvalue weighted by Gasteiger charge is -2.32. The minimum atomic E-state index is -0.0801. The van der Waals surface area contributed by atoms with E-state index in [0.717, 1.165) is 62.3 Å². The van der Waals surface area contributed by atoms with Gasteiger partial charge < -0.3 is 19.9 Å². The molecule has 1 aliphatic rings. The van der Waals surface area contributed by atoms with Crippen LogP contribution in [-0.2, 0) is 6.42 Å². The lowest BCUT2D eigenvalue weighted by Crippen LogP contribution is -2.47. The van der Waals surface area contributed by atoms with Crippen molar-refractivity contribution < 1.29 is 9.53 Å². The molecule has 1 aliphatic heterocycles. The predicted molar refractivity (Wildman–Crippen MR) is 113 cm³/mol. The van der Waals surface area contributed by atoms with Crippen molar-refractivity contribution >= 4 is 16.9 Å². The molecule has 0 atom stereocenters. The third kappa shape index (κ3) is 5.04. The largest absolute Gasteiger partial charge is 0.497 e. The van der Waals surface area contributed by atoms with Crippen molar-refractivity contribution in [2.75, 3.05) is 74.1 Å². The van der Waals surface area contributed by atoms with Crippen LogP contribution in [0.1, 0.15) is 5.56 Å². The van der Waals surface area contributed by atoms with Crippen molar-refractivity contribution in [2.24, 2.45) is 0 Å².